The summed E-state index contributed by atoms with van der Waals surface area (Å²) in [6.07, 6.45) is 0.699. The van der Waals surface area contributed by atoms with Gasteiger partial charge in [0.05, 0.1) is 6.61 Å². The van der Waals surface area contributed by atoms with Crippen molar-refractivity contribution in [3.63, 3.8) is 0 Å². The fourth-order valence-corrected chi connectivity index (χ4v) is 2.59. The number of aliphatic hydroxyl groups is 2. The van der Waals surface area contributed by atoms with Crippen molar-refractivity contribution in [1.82, 2.24) is 0 Å². The van der Waals surface area contributed by atoms with E-state index in [0.29, 0.717) is 12.8 Å². The van der Waals surface area contributed by atoms with Crippen molar-refractivity contribution in [2.75, 3.05) is 6.61 Å². The molecule has 0 aromatic rings. The summed E-state index contributed by atoms with van der Waals surface area (Å²) in [7, 11) is -1.86. The van der Waals surface area contributed by atoms with Gasteiger partial charge in [0, 0.05) is 12.8 Å². The normalized spacial score (nSPS) is 32.1. The lowest BCUT2D eigenvalue weighted by Gasteiger charge is -2.38. The highest BCUT2D eigenvalue weighted by Gasteiger charge is 2.44. The molecule has 0 radical (unpaired) electrons. The Morgan fingerprint density at radius 2 is 2.00 bits per heavy atom. The molecule has 0 aromatic heterocycles. The molecule has 0 bridgehead atoms. The van der Waals surface area contributed by atoms with Gasteiger partial charge >= 0.3 is 0 Å². The van der Waals surface area contributed by atoms with Crippen LogP contribution in [0.25, 0.3) is 0 Å². The third-order valence-electron chi connectivity index (χ3n) is 3.60. The zero-order chi connectivity index (χ0) is 12.6. The molecule has 4 nitrogen and oxygen atoms in total. The molecule has 5 heteroatoms. The van der Waals surface area contributed by atoms with Crippen LogP contribution in [0.2, 0.25) is 18.1 Å². The first kappa shape index (κ1) is 14.1. The molecule has 16 heavy (non-hydrogen) atoms. The van der Waals surface area contributed by atoms with Crippen LogP contribution < -0.4 is 0 Å². The SMILES string of the molecule is CC(C)(C)[Si](C)(C)OC1CCC(O)(CO)O1. The molecule has 1 rings (SSSR count). The van der Waals surface area contributed by atoms with Gasteiger partial charge < -0.3 is 19.4 Å². The van der Waals surface area contributed by atoms with Gasteiger partial charge in [-0.25, -0.2) is 0 Å². The minimum Gasteiger partial charge on any atom is -0.392 e. The van der Waals surface area contributed by atoms with Crippen LogP contribution in [-0.2, 0) is 9.16 Å². The summed E-state index contributed by atoms with van der Waals surface area (Å²) in [6.45, 7) is 10.4. The van der Waals surface area contributed by atoms with Crippen molar-refractivity contribution in [2.45, 2.75) is 63.8 Å². The Bertz CT molecular complexity index is 249. The third-order valence-corrected chi connectivity index (χ3v) is 8.07. The molecular formula is C11H24O4Si. The van der Waals surface area contributed by atoms with Gasteiger partial charge in [0.1, 0.15) is 0 Å². The first-order valence-electron chi connectivity index (χ1n) is 5.78. The van der Waals surface area contributed by atoms with Gasteiger partial charge in [-0.05, 0) is 18.1 Å². The Kier molecular flexibility index (Phi) is 3.87. The minimum atomic E-state index is -1.86. The molecule has 2 N–H and O–H groups in total. The van der Waals surface area contributed by atoms with Crippen LogP contribution in [0.4, 0.5) is 0 Å². The van der Waals surface area contributed by atoms with Crippen LogP contribution in [0.3, 0.4) is 0 Å². The Morgan fingerprint density at radius 1 is 1.44 bits per heavy atom. The second-order valence-electron chi connectivity index (χ2n) is 6.07. The second kappa shape index (κ2) is 4.38. The Hall–Kier alpha value is 0.0569. The van der Waals surface area contributed by atoms with E-state index < -0.39 is 14.1 Å². The van der Waals surface area contributed by atoms with Gasteiger partial charge in [-0.1, -0.05) is 20.8 Å². The highest BCUT2D eigenvalue weighted by Crippen LogP contribution is 2.40. The summed E-state index contributed by atoms with van der Waals surface area (Å²) >= 11 is 0. The first-order chi connectivity index (χ1) is 7.10. The van der Waals surface area contributed by atoms with E-state index in [-0.39, 0.29) is 17.9 Å². The van der Waals surface area contributed by atoms with Crippen LogP contribution in [-0.4, -0.2) is 37.2 Å². The summed E-state index contributed by atoms with van der Waals surface area (Å²) in [5, 5.41) is 18.8. The minimum absolute atomic E-state index is 0.121. The number of ether oxygens (including phenoxy) is 1. The Balaban J connectivity index is 2.58. The van der Waals surface area contributed by atoms with Crippen LogP contribution in [0.1, 0.15) is 33.6 Å². The number of rotatable bonds is 3. The molecule has 0 amide bonds. The summed E-state index contributed by atoms with van der Waals surface area (Å²) < 4.78 is 11.4. The topological polar surface area (TPSA) is 58.9 Å². The molecule has 96 valence electrons. The maximum Gasteiger partial charge on any atom is 0.195 e. The van der Waals surface area contributed by atoms with Crippen LogP contribution in [0.15, 0.2) is 0 Å². The first-order valence-corrected chi connectivity index (χ1v) is 8.69. The van der Waals surface area contributed by atoms with Crippen molar-refractivity contribution in [1.29, 1.82) is 0 Å². The van der Waals surface area contributed by atoms with E-state index >= 15 is 0 Å². The van der Waals surface area contributed by atoms with Crippen molar-refractivity contribution in [2.24, 2.45) is 0 Å². The van der Waals surface area contributed by atoms with E-state index in [9.17, 15) is 5.11 Å². The smallest absolute Gasteiger partial charge is 0.195 e. The maximum atomic E-state index is 9.73. The molecule has 0 aromatic carbocycles. The lowest BCUT2D eigenvalue weighted by atomic mass is 10.2. The molecule has 2 unspecified atom stereocenters. The predicted octanol–water partition coefficient (Wildman–Crippen LogP) is 1.83. The van der Waals surface area contributed by atoms with Crippen LogP contribution in [0, 0.1) is 0 Å². The molecule has 1 fully saturated rings. The van der Waals surface area contributed by atoms with Gasteiger partial charge in [-0.3, -0.25) is 0 Å². The van der Waals surface area contributed by atoms with Gasteiger partial charge in [-0.15, -0.1) is 0 Å². The Labute approximate surface area is 98.7 Å². The highest BCUT2D eigenvalue weighted by atomic mass is 28.4. The molecule has 2 atom stereocenters. The van der Waals surface area contributed by atoms with E-state index in [1.807, 2.05) is 0 Å². The van der Waals surface area contributed by atoms with E-state index in [0.717, 1.165) is 0 Å². The molecule has 1 aliphatic rings. The van der Waals surface area contributed by atoms with Gasteiger partial charge in [0.2, 0.25) is 0 Å². The summed E-state index contributed by atoms with van der Waals surface area (Å²) in [6, 6.07) is 0. The number of hydrogen-bond donors (Lipinski definition) is 2. The number of hydrogen-bond acceptors (Lipinski definition) is 4. The van der Waals surface area contributed by atoms with Gasteiger partial charge in [0.25, 0.3) is 0 Å². The van der Waals surface area contributed by atoms with Crippen molar-refractivity contribution < 1.29 is 19.4 Å². The lowest BCUT2D eigenvalue weighted by molar-refractivity contribution is -0.246. The maximum absolute atomic E-state index is 9.73. The highest BCUT2D eigenvalue weighted by molar-refractivity contribution is 6.74. The van der Waals surface area contributed by atoms with Gasteiger partial charge in [-0.2, -0.15) is 0 Å². The fraction of sp³-hybridized carbons (Fsp3) is 1.00. The fourth-order valence-electron chi connectivity index (χ4n) is 1.41. The summed E-state index contributed by atoms with van der Waals surface area (Å²) in [5.74, 6) is -1.40. The molecule has 0 saturated carbocycles. The van der Waals surface area contributed by atoms with Crippen molar-refractivity contribution in [3.05, 3.63) is 0 Å². The average molecular weight is 248 g/mol. The molecule has 1 aliphatic heterocycles. The van der Waals surface area contributed by atoms with Crippen LogP contribution >= 0.6 is 0 Å². The van der Waals surface area contributed by atoms with Crippen molar-refractivity contribution in [3.8, 4) is 0 Å². The van der Waals surface area contributed by atoms with E-state index in [1.54, 1.807) is 0 Å². The molecule has 1 heterocycles. The van der Waals surface area contributed by atoms with Crippen LogP contribution in [0.5, 0.6) is 0 Å². The van der Waals surface area contributed by atoms with Crippen molar-refractivity contribution >= 4 is 8.32 Å². The summed E-state index contributed by atoms with van der Waals surface area (Å²) in [5.41, 5.74) is 0. The zero-order valence-electron chi connectivity index (χ0n) is 10.9. The molecular weight excluding hydrogens is 224 g/mol. The van der Waals surface area contributed by atoms with Gasteiger partial charge in [0.15, 0.2) is 20.4 Å². The Morgan fingerprint density at radius 3 is 2.38 bits per heavy atom. The quantitative estimate of drug-likeness (QED) is 0.748. The molecule has 1 saturated heterocycles. The monoisotopic (exact) mass is 248 g/mol. The van der Waals surface area contributed by atoms with E-state index in [2.05, 4.69) is 33.9 Å². The van der Waals surface area contributed by atoms with E-state index in [4.69, 9.17) is 14.3 Å². The van der Waals surface area contributed by atoms with E-state index in [1.165, 1.54) is 0 Å². The number of aliphatic hydroxyl groups excluding tert-OH is 1. The summed E-state index contributed by atoms with van der Waals surface area (Å²) in [4.78, 5) is 0. The molecule has 0 spiro atoms. The predicted molar refractivity (Wildman–Crippen MR) is 64.4 cm³/mol. The lowest BCUT2D eigenvalue weighted by Crippen LogP contribution is -2.45. The second-order valence-corrected chi connectivity index (χ2v) is 10.8. The third kappa shape index (κ3) is 3.04. The standard InChI is InChI=1S/C11H24O4Si/c1-10(2,3)16(4,5)15-9-6-7-11(13,8-12)14-9/h9,12-13H,6-8H2,1-5H3. The average Bonchev–Trinajstić information content (AvgIpc) is 2.46. The zero-order valence-corrected chi connectivity index (χ0v) is 11.9. The molecule has 0 aliphatic carbocycles. The largest absolute Gasteiger partial charge is 0.392 e.